The number of nitrogens with zero attached hydrogens (tertiary/aromatic N) is 1. The van der Waals surface area contributed by atoms with E-state index in [1.54, 1.807) is 19.1 Å². The molecule has 2 rings (SSSR count). The van der Waals surface area contributed by atoms with Gasteiger partial charge in [-0.25, -0.2) is 0 Å². The van der Waals surface area contributed by atoms with Gasteiger partial charge in [-0.1, -0.05) is 36.4 Å². The zero-order valence-electron chi connectivity index (χ0n) is 11.4. The van der Waals surface area contributed by atoms with E-state index in [2.05, 4.69) is 5.32 Å². The van der Waals surface area contributed by atoms with Crippen molar-refractivity contribution in [3.63, 3.8) is 0 Å². The topological polar surface area (TPSA) is 72.2 Å². The van der Waals surface area contributed by atoms with Crippen LogP contribution in [0.2, 0.25) is 0 Å². The Labute approximate surface area is 122 Å². The van der Waals surface area contributed by atoms with Crippen LogP contribution in [0, 0.1) is 17.0 Å². The van der Waals surface area contributed by atoms with Crippen LogP contribution in [-0.4, -0.2) is 10.8 Å². The van der Waals surface area contributed by atoms with Crippen molar-refractivity contribution in [2.75, 3.05) is 5.32 Å². The highest BCUT2D eigenvalue weighted by atomic mass is 16.6. The predicted molar refractivity (Wildman–Crippen MR) is 81.9 cm³/mol. The fourth-order valence-electron chi connectivity index (χ4n) is 1.77. The summed E-state index contributed by atoms with van der Waals surface area (Å²) in [5, 5.41) is 13.4. The molecule has 5 heteroatoms. The highest BCUT2D eigenvalue weighted by molar-refractivity contribution is 6.02. The molecular weight excluding hydrogens is 268 g/mol. The summed E-state index contributed by atoms with van der Waals surface area (Å²) in [7, 11) is 0. The van der Waals surface area contributed by atoms with Crippen molar-refractivity contribution in [1.29, 1.82) is 0 Å². The fraction of sp³-hybridized carbons (Fsp3) is 0.0625. The van der Waals surface area contributed by atoms with Crippen molar-refractivity contribution >= 4 is 23.4 Å². The number of nitro groups is 1. The summed E-state index contributed by atoms with van der Waals surface area (Å²) < 4.78 is 0. The number of hydrogen-bond acceptors (Lipinski definition) is 3. The van der Waals surface area contributed by atoms with Crippen LogP contribution < -0.4 is 5.32 Å². The number of aryl methyl sites for hydroxylation is 1. The Morgan fingerprint density at radius 1 is 1.19 bits per heavy atom. The largest absolute Gasteiger partial charge is 0.322 e. The number of carbonyl (C=O) groups excluding carboxylic acids is 1. The molecule has 0 atom stereocenters. The molecular formula is C16H14N2O3. The van der Waals surface area contributed by atoms with Gasteiger partial charge in [0.15, 0.2) is 0 Å². The second kappa shape index (κ2) is 6.47. The van der Waals surface area contributed by atoms with Gasteiger partial charge in [-0.05, 0) is 24.1 Å². The Kier molecular flexibility index (Phi) is 4.46. The van der Waals surface area contributed by atoms with Crippen molar-refractivity contribution < 1.29 is 9.72 Å². The van der Waals surface area contributed by atoms with Gasteiger partial charge in [0, 0.05) is 18.2 Å². The lowest BCUT2D eigenvalue weighted by atomic mass is 10.1. The summed E-state index contributed by atoms with van der Waals surface area (Å²) in [4.78, 5) is 22.1. The summed E-state index contributed by atoms with van der Waals surface area (Å²) in [6, 6.07) is 13.8. The maximum Gasteiger partial charge on any atom is 0.271 e. The van der Waals surface area contributed by atoms with Crippen molar-refractivity contribution in [3.05, 3.63) is 75.8 Å². The standard InChI is InChI=1S/C16H14N2O3/c1-12-7-9-14(18(20)21)11-15(12)17-16(19)10-8-13-5-3-2-4-6-13/h2-11H,1H3,(H,17,19). The maximum atomic E-state index is 11.9. The van der Waals surface area contributed by atoms with Gasteiger partial charge in [0.25, 0.3) is 5.69 Å². The van der Waals surface area contributed by atoms with Crippen LogP contribution in [0.15, 0.2) is 54.6 Å². The average Bonchev–Trinajstić information content (AvgIpc) is 2.48. The molecule has 0 aliphatic rings. The number of nitrogens with one attached hydrogen (secondary N) is 1. The summed E-state index contributed by atoms with van der Waals surface area (Å²) >= 11 is 0. The van der Waals surface area contributed by atoms with Gasteiger partial charge in [-0.2, -0.15) is 0 Å². The smallest absolute Gasteiger partial charge is 0.271 e. The number of benzene rings is 2. The number of nitro benzene ring substituents is 1. The monoisotopic (exact) mass is 282 g/mol. The summed E-state index contributed by atoms with van der Waals surface area (Å²) in [5.41, 5.74) is 2.06. The fourth-order valence-corrected chi connectivity index (χ4v) is 1.77. The molecule has 0 aromatic heterocycles. The second-order valence-corrected chi connectivity index (χ2v) is 4.49. The Balaban J connectivity index is 2.11. The molecule has 0 fully saturated rings. The maximum absolute atomic E-state index is 11.9. The predicted octanol–water partition coefficient (Wildman–Crippen LogP) is 3.56. The normalized spacial score (nSPS) is 10.5. The Morgan fingerprint density at radius 3 is 2.57 bits per heavy atom. The molecule has 106 valence electrons. The number of rotatable bonds is 4. The van der Waals surface area contributed by atoms with Crippen LogP contribution in [0.4, 0.5) is 11.4 Å². The first kappa shape index (κ1) is 14.5. The van der Waals surface area contributed by atoms with E-state index < -0.39 is 4.92 Å². The second-order valence-electron chi connectivity index (χ2n) is 4.49. The van der Waals surface area contributed by atoms with Gasteiger partial charge in [0.05, 0.1) is 10.6 Å². The first-order valence-corrected chi connectivity index (χ1v) is 6.35. The third-order valence-corrected chi connectivity index (χ3v) is 2.92. The highest BCUT2D eigenvalue weighted by Crippen LogP contribution is 2.21. The number of hydrogen-bond donors (Lipinski definition) is 1. The molecule has 0 aliphatic heterocycles. The Hall–Kier alpha value is -2.95. The number of carbonyl (C=O) groups is 1. The van der Waals surface area contributed by atoms with Crippen molar-refractivity contribution in [2.45, 2.75) is 6.92 Å². The third-order valence-electron chi connectivity index (χ3n) is 2.92. The zero-order chi connectivity index (χ0) is 15.2. The minimum atomic E-state index is -0.491. The van der Waals surface area contributed by atoms with Gasteiger partial charge in [0.2, 0.25) is 5.91 Å². The van der Waals surface area contributed by atoms with E-state index in [1.807, 2.05) is 30.3 Å². The van der Waals surface area contributed by atoms with Gasteiger partial charge in [-0.15, -0.1) is 0 Å². The van der Waals surface area contributed by atoms with Gasteiger partial charge >= 0.3 is 0 Å². The molecule has 0 unspecified atom stereocenters. The van der Waals surface area contributed by atoms with Gasteiger partial charge in [0.1, 0.15) is 0 Å². The Morgan fingerprint density at radius 2 is 1.90 bits per heavy atom. The summed E-state index contributed by atoms with van der Waals surface area (Å²) in [5.74, 6) is -0.331. The highest BCUT2D eigenvalue weighted by Gasteiger charge is 2.09. The van der Waals surface area contributed by atoms with E-state index in [0.29, 0.717) is 5.69 Å². The molecule has 2 aromatic carbocycles. The zero-order valence-corrected chi connectivity index (χ0v) is 11.4. The summed E-state index contributed by atoms with van der Waals surface area (Å²) in [6.07, 6.45) is 3.08. The van der Waals surface area contributed by atoms with Gasteiger partial charge < -0.3 is 5.32 Å². The van der Waals surface area contributed by atoms with E-state index in [4.69, 9.17) is 0 Å². The molecule has 0 bridgehead atoms. The molecule has 21 heavy (non-hydrogen) atoms. The SMILES string of the molecule is Cc1ccc([N+](=O)[O-])cc1NC(=O)C=Cc1ccccc1. The number of amides is 1. The molecule has 1 N–H and O–H groups in total. The lowest BCUT2D eigenvalue weighted by Gasteiger charge is -2.05. The molecule has 0 spiro atoms. The van der Waals surface area contributed by atoms with Crippen LogP contribution in [-0.2, 0) is 4.79 Å². The van der Waals surface area contributed by atoms with E-state index in [-0.39, 0.29) is 11.6 Å². The average molecular weight is 282 g/mol. The lowest BCUT2D eigenvalue weighted by Crippen LogP contribution is -2.09. The molecule has 0 aliphatic carbocycles. The molecule has 0 saturated carbocycles. The Bertz CT molecular complexity index is 694. The molecule has 0 radical (unpaired) electrons. The van der Waals surface area contributed by atoms with E-state index in [9.17, 15) is 14.9 Å². The van der Waals surface area contributed by atoms with Gasteiger partial charge in [-0.3, -0.25) is 14.9 Å². The third kappa shape index (κ3) is 4.01. The van der Waals surface area contributed by atoms with E-state index in [0.717, 1.165) is 11.1 Å². The first-order valence-electron chi connectivity index (χ1n) is 6.35. The molecule has 1 amide bonds. The van der Waals surface area contributed by atoms with E-state index in [1.165, 1.54) is 18.2 Å². The quantitative estimate of drug-likeness (QED) is 0.529. The van der Waals surface area contributed by atoms with Crippen molar-refractivity contribution in [3.8, 4) is 0 Å². The first-order chi connectivity index (χ1) is 10.1. The molecule has 0 heterocycles. The molecule has 5 nitrogen and oxygen atoms in total. The van der Waals surface area contributed by atoms with Crippen LogP contribution in [0.3, 0.4) is 0 Å². The molecule has 2 aromatic rings. The van der Waals surface area contributed by atoms with Crippen LogP contribution >= 0.6 is 0 Å². The minimum Gasteiger partial charge on any atom is -0.322 e. The molecule has 0 saturated heterocycles. The van der Waals surface area contributed by atoms with Crippen LogP contribution in [0.25, 0.3) is 6.08 Å². The van der Waals surface area contributed by atoms with Crippen molar-refractivity contribution in [2.24, 2.45) is 0 Å². The lowest BCUT2D eigenvalue weighted by molar-refractivity contribution is -0.384. The summed E-state index contributed by atoms with van der Waals surface area (Å²) in [6.45, 7) is 1.78. The van der Waals surface area contributed by atoms with E-state index >= 15 is 0 Å². The number of anilines is 1. The number of non-ortho nitro benzene ring substituents is 1. The van der Waals surface area contributed by atoms with Crippen LogP contribution in [0.5, 0.6) is 0 Å². The van der Waals surface area contributed by atoms with Crippen molar-refractivity contribution in [1.82, 2.24) is 0 Å². The minimum absolute atomic E-state index is 0.0528. The van der Waals surface area contributed by atoms with Crippen LogP contribution in [0.1, 0.15) is 11.1 Å².